The normalized spacial score (nSPS) is 25.3. The molecule has 102 valence electrons. The lowest BCUT2D eigenvalue weighted by Crippen LogP contribution is -2.49. The van der Waals surface area contributed by atoms with Crippen LogP contribution in [-0.2, 0) is 14.3 Å². The van der Waals surface area contributed by atoms with Crippen LogP contribution >= 0.6 is 0 Å². The van der Waals surface area contributed by atoms with Crippen LogP contribution in [0.1, 0.15) is 0 Å². The maximum Gasteiger partial charge on any atom is 0.324 e. The Morgan fingerprint density at radius 1 is 1.56 bits per heavy atom. The summed E-state index contributed by atoms with van der Waals surface area (Å²) >= 11 is 0. The van der Waals surface area contributed by atoms with E-state index in [1.54, 1.807) is 7.11 Å². The Kier molecular flexibility index (Phi) is 4.51. The monoisotopic (exact) mass is 257 g/mol. The van der Waals surface area contributed by atoms with Gasteiger partial charge in [-0.15, -0.1) is 0 Å². The molecule has 2 aliphatic heterocycles. The van der Waals surface area contributed by atoms with E-state index in [0.29, 0.717) is 39.4 Å². The number of carbonyl (C=O) groups is 2. The van der Waals surface area contributed by atoms with Crippen molar-refractivity contribution in [3.8, 4) is 0 Å². The Labute approximate surface area is 106 Å². The summed E-state index contributed by atoms with van der Waals surface area (Å²) in [5.41, 5.74) is 0. The number of carbonyl (C=O) groups excluding carboxylic acids is 2. The van der Waals surface area contributed by atoms with E-state index in [1.165, 1.54) is 4.90 Å². The molecule has 0 aromatic heterocycles. The van der Waals surface area contributed by atoms with E-state index in [2.05, 4.69) is 5.32 Å². The number of imide groups is 1. The van der Waals surface area contributed by atoms with Crippen molar-refractivity contribution in [3.63, 3.8) is 0 Å². The molecule has 0 aromatic rings. The number of nitrogens with zero attached hydrogens (tertiary/aromatic N) is 2. The Morgan fingerprint density at radius 2 is 2.39 bits per heavy atom. The number of hydrogen-bond acceptors (Lipinski definition) is 5. The average Bonchev–Trinajstić information content (AvgIpc) is 2.76. The van der Waals surface area contributed by atoms with Crippen LogP contribution in [0.5, 0.6) is 0 Å². The summed E-state index contributed by atoms with van der Waals surface area (Å²) in [6.07, 6.45) is 0.00366. The first-order valence-corrected chi connectivity index (χ1v) is 6.12. The van der Waals surface area contributed by atoms with Crippen LogP contribution < -0.4 is 5.32 Å². The Bertz CT molecular complexity index is 321. The molecule has 0 aliphatic carbocycles. The number of rotatable bonds is 4. The molecule has 3 amide bonds. The van der Waals surface area contributed by atoms with Crippen LogP contribution in [0.3, 0.4) is 0 Å². The average molecular weight is 257 g/mol. The summed E-state index contributed by atoms with van der Waals surface area (Å²) in [5.74, 6) is -0.150. The largest absolute Gasteiger partial charge is 0.382 e. The smallest absolute Gasteiger partial charge is 0.324 e. The summed E-state index contributed by atoms with van der Waals surface area (Å²) in [7, 11) is 1.63. The molecule has 2 fully saturated rings. The highest BCUT2D eigenvalue weighted by molar-refractivity contribution is 5.96. The number of urea groups is 1. The molecule has 0 radical (unpaired) electrons. The summed E-state index contributed by atoms with van der Waals surface area (Å²) in [4.78, 5) is 26.6. The van der Waals surface area contributed by atoms with Crippen molar-refractivity contribution >= 4 is 11.9 Å². The van der Waals surface area contributed by atoms with Gasteiger partial charge in [-0.3, -0.25) is 14.6 Å². The SMILES string of the molecule is COCC1CN(CC(=O)N2CCNC2=O)CCO1. The fourth-order valence-corrected chi connectivity index (χ4v) is 2.20. The number of methoxy groups -OCH3 is 1. The summed E-state index contributed by atoms with van der Waals surface area (Å²) in [6.45, 7) is 3.75. The van der Waals surface area contributed by atoms with Gasteiger partial charge in [-0.1, -0.05) is 0 Å². The quantitative estimate of drug-likeness (QED) is 0.691. The summed E-state index contributed by atoms with van der Waals surface area (Å²) in [5, 5.41) is 2.62. The molecule has 1 atom stereocenters. The molecule has 0 spiro atoms. The first kappa shape index (κ1) is 13.3. The second kappa shape index (κ2) is 6.12. The van der Waals surface area contributed by atoms with Crippen molar-refractivity contribution in [1.29, 1.82) is 0 Å². The number of amides is 3. The zero-order valence-electron chi connectivity index (χ0n) is 10.6. The van der Waals surface area contributed by atoms with Crippen molar-refractivity contribution in [1.82, 2.24) is 15.1 Å². The Balaban J connectivity index is 1.81. The van der Waals surface area contributed by atoms with Gasteiger partial charge in [0.25, 0.3) is 0 Å². The van der Waals surface area contributed by atoms with E-state index in [-0.39, 0.29) is 24.6 Å². The van der Waals surface area contributed by atoms with Gasteiger partial charge in [0.05, 0.1) is 25.9 Å². The molecule has 2 aliphatic rings. The van der Waals surface area contributed by atoms with Gasteiger partial charge in [0.15, 0.2) is 0 Å². The molecule has 2 heterocycles. The van der Waals surface area contributed by atoms with Crippen LogP contribution in [-0.4, -0.2) is 80.9 Å². The molecular weight excluding hydrogens is 238 g/mol. The maximum atomic E-state index is 11.9. The van der Waals surface area contributed by atoms with Gasteiger partial charge in [-0.2, -0.15) is 0 Å². The standard InChI is InChI=1S/C11H19N3O4/c1-17-8-9-6-13(4-5-18-9)7-10(15)14-3-2-12-11(14)16/h9H,2-8H2,1H3,(H,12,16). The highest BCUT2D eigenvalue weighted by Gasteiger charge is 2.29. The predicted molar refractivity (Wildman–Crippen MR) is 63.2 cm³/mol. The van der Waals surface area contributed by atoms with Crippen molar-refractivity contribution in [2.75, 3.05) is 53.0 Å². The van der Waals surface area contributed by atoms with E-state index in [9.17, 15) is 9.59 Å². The topological polar surface area (TPSA) is 71.1 Å². The van der Waals surface area contributed by atoms with Crippen LogP contribution in [0.4, 0.5) is 4.79 Å². The van der Waals surface area contributed by atoms with Gasteiger partial charge >= 0.3 is 6.03 Å². The molecule has 7 heteroatoms. The fourth-order valence-electron chi connectivity index (χ4n) is 2.20. The van der Waals surface area contributed by atoms with Gasteiger partial charge in [0.1, 0.15) is 0 Å². The van der Waals surface area contributed by atoms with Gasteiger partial charge in [-0.25, -0.2) is 4.79 Å². The first-order chi connectivity index (χ1) is 8.70. The van der Waals surface area contributed by atoms with Gasteiger partial charge in [0.2, 0.25) is 5.91 Å². The summed E-state index contributed by atoms with van der Waals surface area (Å²) < 4.78 is 10.5. The Morgan fingerprint density at radius 3 is 3.06 bits per heavy atom. The zero-order chi connectivity index (χ0) is 13.0. The lowest BCUT2D eigenvalue weighted by atomic mass is 10.3. The molecule has 1 unspecified atom stereocenters. The second-order valence-electron chi connectivity index (χ2n) is 4.46. The molecule has 18 heavy (non-hydrogen) atoms. The highest BCUT2D eigenvalue weighted by Crippen LogP contribution is 2.07. The minimum absolute atomic E-state index is 0.00366. The molecule has 0 bridgehead atoms. The number of morpholine rings is 1. The minimum Gasteiger partial charge on any atom is -0.382 e. The van der Waals surface area contributed by atoms with Crippen LogP contribution in [0, 0.1) is 0 Å². The number of ether oxygens (including phenoxy) is 2. The van der Waals surface area contributed by atoms with Gasteiger partial charge in [-0.05, 0) is 0 Å². The first-order valence-electron chi connectivity index (χ1n) is 6.12. The van der Waals surface area contributed by atoms with Crippen LogP contribution in [0.2, 0.25) is 0 Å². The van der Waals surface area contributed by atoms with Crippen molar-refractivity contribution < 1.29 is 19.1 Å². The Hall–Kier alpha value is -1.18. The van der Waals surface area contributed by atoms with Gasteiger partial charge < -0.3 is 14.8 Å². The molecule has 2 rings (SSSR count). The zero-order valence-corrected chi connectivity index (χ0v) is 10.6. The van der Waals surface area contributed by atoms with E-state index in [1.807, 2.05) is 4.90 Å². The van der Waals surface area contributed by atoms with Crippen LogP contribution in [0.25, 0.3) is 0 Å². The maximum absolute atomic E-state index is 11.9. The van der Waals surface area contributed by atoms with Gasteiger partial charge in [0, 0.05) is 33.3 Å². The third kappa shape index (κ3) is 3.18. The highest BCUT2D eigenvalue weighted by atomic mass is 16.5. The predicted octanol–water partition coefficient (Wildman–Crippen LogP) is -1.11. The third-order valence-electron chi connectivity index (χ3n) is 3.09. The number of hydrogen-bond donors (Lipinski definition) is 1. The van der Waals surface area contributed by atoms with Crippen molar-refractivity contribution in [3.05, 3.63) is 0 Å². The lowest BCUT2D eigenvalue weighted by molar-refractivity contribution is -0.131. The third-order valence-corrected chi connectivity index (χ3v) is 3.09. The molecule has 1 N–H and O–H groups in total. The van der Waals surface area contributed by atoms with E-state index in [0.717, 1.165) is 0 Å². The second-order valence-corrected chi connectivity index (χ2v) is 4.46. The number of nitrogens with one attached hydrogen (secondary N) is 1. The molecule has 0 saturated carbocycles. The molecule has 7 nitrogen and oxygen atoms in total. The lowest BCUT2D eigenvalue weighted by Gasteiger charge is -2.32. The van der Waals surface area contributed by atoms with Crippen LogP contribution in [0.15, 0.2) is 0 Å². The van der Waals surface area contributed by atoms with E-state index in [4.69, 9.17) is 9.47 Å². The molecule has 2 saturated heterocycles. The van der Waals surface area contributed by atoms with Crippen molar-refractivity contribution in [2.24, 2.45) is 0 Å². The minimum atomic E-state index is -0.290. The van der Waals surface area contributed by atoms with E-state index < -0.39 is 0 Å². The van der Waals surface area contributed by atoms with E-state index >= 15 is 0 Å². The molecule has 0 aromatic carbocycles. The summed E-state index contributed by atoms with van der Waals surface area (Å²) in [6, 6.07) is -0.290. The fraction of sp³-hybridized carbons (Fsp3) is 0.818. The molecular formula is C11H19N3O4. The van der Waals surface area contributed by atoms with Crippen molar-refractivity contribution in [2.45, 2.75) is 6.10 Å².